The van der Waals surface area contributed by atoms with E-state index in [0.717, 1.165) is 40.2 Å². The second kappa shape index (κ2) is 5.84. The van der Waals surface area contributed by atoms with Crippen molar-refractivity contribution in [2.45, 2.75) is 39.7 Å². The molecular weight excluding hydrogens is 306 g/mol. The normalized spacial score (nSPS) is 12.7. The molecule has 1 aromatic carbocycles. The molecule has 1 unspecified atom stereocenters. The highest BCUT2D eigenvalue weighted by atomic mass is 79.9. The lowest BCUT2D eigenvalue weighted by molar-refractivity contribution is 0.199. The number of hydrogen-bond acceptors (Lipinski definition) is 3. The van der Waals surface area contributed by atoms with Crippen LogP contribution in [0.15, 0.2) is 22.7 Å². The van der Waals surface area contributed by atoms with Crippen LogP contribution in [0.5, 0.6) is 0 Å². The summed E-state index contributed by atoms with van der Waals surface area (Å²) in [5.41, 5.74) is 1.74. The SMILES string of the molecule is CCc1nc(CC)n(-c2ccc(Br)cc2C(C)O)n1. The molecule has 0 saturated heterocycles. The minimum Gasteiger partial charge on any atom is -0.389 e. The molecule has 0 amide bonds. The van der Waals surface area contributed by atoms with Gasteiger partial charge in [-0.05, 0) is 25.1 Å². The van der Waals surface area contributed by atoms with Crippen LogP contribution < -0.4 is 0 Å². The molecule has 102 valence electrons. The Balaban J connectivity index is 2.60. The number of aryl methyl sites for hydroxylation is 2. The molecular formula is C14H18BrN3O. The summed E-state index contributed by atoms with van der Waals surface area (Å²) in [6.07, 6.45) is 1.06. The summed E-state index contributed by atoms with van der Waals surface area (Å²) < 4.78 is 2.79. The van der Waals surface area contributed by atoms with Gasteiger partial charge in [-0.15, -0.1) is 0 Å². The standard InChI is InChI=1S/C14H18BrN3O/c1-4-13-16-14(5-2)18(17-13)12-7-6-10(15)8-11(12)9(3)19/h6-9,19H,4-5H2,1-3H3. The van der Waals surface area contributed by atoms with Crippen LogP contribution in [0.1, 0.15) is 44.1 Å². The zero-order chi connectivity index (χ0) is 14.0. The Hall–Kier alpha value is -1.20. The zero-order valence-electron chi connectivity index (χ0n) is 11.4. The van der Waals surface area contributed by atoms with E-state index in [2.05, 4.69) is 32.9 Å². The summed E-state index contributed by atoms with van der Waals surface area (Å²) in [7, 11) is 0. The predicted octanol–water partition coefficient (Wildman–Crippen LogP) is 3.21. The Bertz CT molecular complexity index is 578. The van der Waals surface area contributed by atoms with Crippen LogP contribution in [0.2, 0.25) is 0 Å². The molecule has 0 aliphatic carbocycles. The average Bonchev–Trinajstić information content (AvgIpc) is 2.81. The Morgan fingerprint density at radius 3 is 2.63 bits per heavy atom. The fourth-order valence-corrected chi connectivity index (χ4v) is 2.40. The van der Waals surface area contributed by atoms with Crippen molar-refractivity contribution in [1.82, 2.24) is 14.8 Å². The lowest BCUT2D eigenvalue weighted by Crippen LogP contribution is -2.07. The number of aliphatic hydroxyl groups is 1. The first-order chi connectivity index (χ1) is 9.06. The van der Waals surface area contributed by atoms with Crippen LogP contribution in [0, 0.1) is 0 Å². The molecule has 4 nitrogen and oxygen atoms in total. The van der Waals surface area contributed by atoms with E-state index in [0.29, 0.717) is 0 Å². The molecule has 5 heteroatoms. The summed E-state index contributed by atoms with van der Waals surface area (Å²) in [6.45, 7) is 5.85. The van der Waals surface area contributed by atoms with Crippen molar-refractivity contribution in [3.8, 4) is 5.69 Å². The van der Waals surface area contributed by atoms with Gasteiger partial charge in [0.25, 0.3) is 0 Å². The summed E-state index contributed by atoms with van der Waals surface area (Å²) in [5.74, 6) is 1.75. The van der Waals surface area contributed by atoms with Crippen LogP contribution in [-0.4, -0.2) is 19.9 Å². The number of aliphatic hydroxyl groups excluding tert-OH is 1. The van der Waals surface area contributed by atoms with E-state index >= 15 is 0 Å². The molecule has 1 atom stereocenters. The Morgan fingerprint density at radius 1 is 1.32 bits per heavy atom. The molecule has 19 heavy (non-hydrogen) atoms. The van der Waals surface area contributed by atoms with Crippen molar-refractivity contribution in [3.63, 3.8) is 0 Å². The van der Waals surface area contributed by atoms with Gasteiger partial charge in [0.2, 0.25) is 0 Å². The second-order valence-corrected chi connectivity index (χ2v) is 5.36. The highest BCUT2D eigenvalue weighted by Gasteiger charge is 2.15. The monoisotopic (exact) mass is 323 g/mol. The van der Waals surface area contributed by atoms with Crippen molar-refractivity contribution in [2.24, 2.45) is 0 Å². The first-order valence-corrected chi connectivity index (χ1v) is 7.28. The van der Waals surface area contributed by atoms with E-state index in [-0.39, 0.29) is 0 Å². The highest BCUT2D eigenvalue weighted by Crippen LogP contribution is 2.26. The third-order valence-electron chi connectivity index (χ3n) is 3.02. The smallest absolute Gasteiger partial charge is 0.151 e. The Morgan fingerprint density at radius 2 is 2.05 bits per heavy atom. The molecule has 2 rings (SSSR count). The van der Waals surface area contributed by atoms with Gasteiger partial charge >= 0.3 is 0 Å². The van der Waals surface area contributed by atoms with Gasteiger partial charge in [0, 0.05) is 22.9 Å². The van der Waals surface area contributed by atoms with Gasteiger partial charge in [-0.3, -0.25) is 0 Å². The van der Waals surface area contributed by atoms with Gasteiger partial charge in [0.05, 0.1) is 11.8 Å². The third-order valence-corrected chi connectivity index (χ3v) is 3.51. The maximum Gasteiger partial charge on any atom is 0.151 e. The van der Waals surface area contributed by atoms with Gasteiger partial charge in [-0.1, -0.05) is 29.8 Å². The summed E-state index contributed by atoms with van der Waals surface area (Å²) in [5, 5.41) is 14.5. The van der Waals surface area contributed by atoms with Crippen LogP contribution in [0.4, 0.5) is 0 Å². The molecule has 1 aromatic heterocycles. The minimum absolute atomic E-state index is 0.550. The molecule has 0 aliphatic rings. The van der Waals surface area contributed by atoms with Crippen LogP contribution >= 0.6 is 15.9 Å². The molecule has 0 bridgehead atoms. The van der Waals surface area contributed by atoms with E-state index in [1.165, 1.54) is 0 Å². The predicted molar refractivity (Wildman–Crippen MR) is 78.4 cm³/mol. The summed E-state index contributed by atoms with van der Waals surface area (Å²) in [4.78, 5) is 4.50. The number of benzene rings is 1. The van der Waals surface area contributed by atoms with Crippen molar-refractivity contribution in [2.75, 3.05) is 0 Å². The highest BCUT2D eigenvalue weighted by molar-refractivity contribution is 9.10. The van der Waals surface area contributed by atoms with Crippen molar-refractivity contribution in [1.29, 1.82) is 0 Å². The molecule has 0 spiro atoms. The van der Waals surface area contributed by atoms with E-state index in [1.54, 1.807) is 6.92 Å². The topological polar surface area (TPSA) is 50.9 Å². The first kappa shape index (κ1) is 14.2. The molecule has 0 saturated carbocycles. The minimum atomic E-state index is -0.550. The molecule has 0 aliphatic heterocycles. The molecule has 1 N–H and O–H groups in total. The molecule has 1 heterocycles. The fourth-order valence-electron chi connectivity index (χ4n) is 2.02. The average molecular weight is 324 g/mol. The maximum absolute atomic E-state index is 9.94. The van der Waals surface area contributed by atoms with Crippen LogP contribution in [0.25, 0.3) is 5.69 Å². The van der Waals surface area contributed by atoms with Crippen LogP contribution in [0.3, 0.4) is 0 Å². The van der Waals surface area contributed by atoms with Crippen molar-refractivity contribution >= 4 is 15.9 Å². The number of aromatic nitrogens is 3. The van der Waals surface area contributed by atoms with E-state index in [4.69, 9.17) is 0 Å². The lowest BCUT2D eigenvalue weighted by atomic mass is 10.1. The quantitative estimate of drug-likeness (QED) is 0.939. The number of halogens is 1. The summed E-state index contributed by atoms with van der Waals surface area (Å²) >= 11 is 3.44. The van der Waals surface area contributed by atoms with Gasteiger partial charge in [0.1, 0.15) is 5.82 Å². The molecule has 0 radical (unpaired) electrons. The van der Waals surface area contributed by atoms with Gasteiger partial charge in [-0.25, -0.2) is 9.67 Å². The van der Waals surface area contributed by atoms with E-state index in [1.807, 2.05) is 29.8 Å². The lowest BCUT2D eigenvalue weighted by Gasteiger charge is -2.13. The largest absolute Gasteiger partial charge is 0.389 e. The van der Waals surface area contributed by atoms with Gasteiger partial charge in [0.15, 0.2) is 5.82 Å². The van der Waals surface area contributed by atoms with E-state index in [9.17, 15) is 5.11 Å². The van der Waals surface area contributed by atoms with E-state index < -0.39 is 6.10 Å². The van der Waals surface area contributed by atoms with Crippen molar-refractivity contribution < 1.29 is 5.11 Å². The van der Waals surface area contributed by atoms with Gasteiger partial charge in [-0.2, -0.15) is 5.10 Å². The van der Waals surface area contributed by atoms with Crippen molar-refractivity contribution in [3.05, 3.63) is 39.9 Å². The number of hydrogen-bond donors (Lipinski definition) is 1. The first-order valence-electron chi connectivity index (χ1n) is 6.49. The second-order valence-electron chi connectivity index (χ2n) is 4.44. The Kier molecular flexibility index (Phi) is 4.37. The maximum atomic E-state index is 9.94. The fraction of sp³-hybridized carbons (Fsp3) is 0.429. The summed E-state index contributed by atoms with van der Waals surface area (Å²) in [6, 6.07) is 5.83. The molecule has 0 fully saturated rings. The molecule has 2 aromatic rings. The van der Waals surface area contributed by atoms with Gasteiger partial charge < -0.3 is 5.11 Å². The zero-order valence-corrected chi connectivity index (χ0v) is 13.0. The van der Waals surface area contributed by atoms with Crippen LogP contribution in [-0.2, 0) is 12.8 Å². The third kappa shape index (κ3) is 2.87. The number of nitrogens with zero attached hydrogens (tertiary/aromatic N) is 3. The Labute approximate surface area is 121 Å². The number of rotatable bonds is 4.